The van der Waals surface area contributed by atoms with E-state index in [1.165, 1.54) is 18.4 Å². The van der Waals surface area contributed by atoms with Crippen LogP contribution in [0.1, 0.15) is 5.56 Å². The van der Waals surface area contributed by atoms with E-state index in [-0.39, 0.29) is 0 Å². The molecule has 0 unspecified atom stereocenters. The number of ether oxygens (including phenoxy) is 1. The molecule has 0 atom stereocenters. The predicted molar refractivity (Wildman–Crippen MR) is 40.7 cm³/mol. The van der Waals surface area contributed by atoms with E-state index in [1.54, 1.807) is 11.7 Å². The summed E-state index contributed by atoms with van der Waals surface area (Å²) in [6.07, 6.45) is 1.72. The van der Waals surface area contributed by atoms with Crippen LogP contribution in [0.3, 0.4) is 0 Å². The Morgan fingerprint density at radius 3 is 2.90 bits per heavy atom. The molecule has 0 saturated heterocycles. The molecule has 0 bridgehead atoms. The van der Waals surface area contributed by atoms with Gasteiger partial charge in [0.2, 0.25) is 6.29 Å². The summed E-state index contributed by atoms with van der Waals surface area (Å²) in [4.78, 5) is 10.1. The van der Waals surface area contributed by atoms with Crippen LogP contribution in [0.4, 0.5) is 0 Å². The minimum absolute atomic E-state index is 0.387. The fourth-order valence-corrected chi connectivity index (χ4v) is 1.57. The second-order valence-electron chi connectivity index (χ2n) is 1.56. The lowest BCUT2D eigenvalue weighted by Gasteiger charge is -1.94. The van der Waals surface area contributed by atoms with Gasteiger partial charge >= 0.3 is 0 Å². The molecule has 0 amide bonds. The highest BCUT2D eigenvalue weighted by Crippen LogP contribution is 2.33. The molecule has 1 heterocycles. The fourth-order valence-electron chi connectivity index (χ4n) is 0.584. The molecule has 1 aromatic heterocycles. The normalized spacial score (nSPS) is 9.40. The lowest BCUT2D eigenvalue weighted by molar-refractivity contribution is 0.415. The van der Waals surface area contributed by atoms with E-state index in [2.05, 4.69) is 0 Å². The topological polar surface area (TPSA) is 26.3 Å². The van der Waals surface area contributed by atoms with Crippen molar-refractivity contribution in [3.63, 3.8) is 0 Å². The quantitative estimate of drug-likeness (QED) is 0.686. The number of halogens is 1. The minimum Gasteiger partial charge on any atom is -0.494 e. The zero-order valence-electron chi connectivity index (χ0n) is 5.18. The number of rotatable bonds is 2. The maximum Gasteiger partial charge on any atom is 0.238 e. The highest BCUT2D eigenvalue weighted by atomic mass is 35.5. The van der Waals surface area contributed by atoms with Crippen molar-refractivity contribution in [2.75, 3.05) is 7.11 Å². The molecule has 0 spiro atoms. The van der Waals surface area contributed by atoms with Crippen LogP contribution >= 0.6 is 22.9 Å². The van der Waals surface area contributed by atoms with Gasteiger partial charge in [0.15, 0.2) is 5.75 Å². The van der Waals surface area contributed by atoms with Crippen molar-refractivity contribution in [3.8, 4) is 5.75 Å². The summed E-state index contributed by atoms with van der Waals surface area (Å²) in [5.74, 6) is 0.418. The maximum absolute atomic E-state index is 10.1. The van der Waals surface area contributed by atoms with Crippen molar-refractivity contribution < 1.29 is 9.53 Å². The van der Waals surface area contributed by atoms with Gasteiger partial charge in [-0.15, -0.1) is 11.3 Å². The van der Waals surface area contributed by atoms with E-state index in [9.17, 15) is 4.79 Å². The zero-order chi connectivity index (χ0) is 7.56. The summed E-state index contributed by atoms with van der Waals surface area (Å²) in [5.41, 5.74) is 0.387. The second kappa shape index (κ2) is 3.03. The van der Waals surface area contributed by atoms with Gasteiger partial charge < -0.3 is 4.74 Å². The highest BCUT2D eigenvalue weighted by Gasteiger charge is 2.09. The summed E-state index contributed by atoms with van der Waals surface area (Å²) in [7, 11) is 1.47. The first-order valence-electron chi connectivity index (χ1n) is 2.48. The molecule has 1 radical (unpaired) electrons. The highest BCUT2D eigenvalue weighted by molar-refractivity contribution is 7.15. The molecule has 1 aromatic rings. The number of hydrogen-bond acceptors (Lipinski definition) is 3. The first-order chi connectivity index (χ1) is 4.79. The fraction of sp³-hybridized carbons (Fsp3) is 0.167. The Kier molecular flexibility index (Phi) is 2.29. The molecule has 0 saturated carbocycles. The summed E-state index contributed by atoms with van der Waals surface area (Å²) in [6.45, 7) is 0. The van der Waals surface area contributed by atoms with Crippen LogP contribution in [0.25, 0.3) is 0 Å². The van der Waals surface area contributed by atoms with Crippen LogP contribution in [-0.4, -0.2) is 13.4 Å². The van der Waals surface area contributed by atoms with Gasteiger partial charge in [-0.3, -0.25) is 4.79 Å². The van der Waals surface area contributed by atoms with E-state index in [4.69, 9.17) is 16.3 Å². The van der Waals surface area contributed by atoms with Crippen molar-refractivity contribution in [1.29, 1.82) is 0 Å². The number of methoxy groups -OCH3 is 1. The van der Waals surface area contributed by atoms with Crippen LogP contribution in [0.2, 0.25) is 4.34 Å². The molecule has 4 heteroatoms. The van der Waals surface area contributed by atoms with E-state index < -0.39 is 0 Å². The SMILES string of the molecule is COc1c([C]=O)csc1Cl. The van der Waals surface area contributed by atoms with E-state index in [1.807, 2.05) is 0 Å². The standard InChI is InChI=1S/C6H4ClO2S/c1-9-5-4(2-8)3-10-6(5)7/h3H,1H3. The van der Waals surface area contributed by atoms with Gasteiger partial charge in [-0.1, -0.05) is 11.6 Å². The number of hydrogen-bond donors (Lipinski definition) is 0. The third kappa shape index (κ3) is 1.15. The lowest BCUT2D eigenvalue weighted by atomic mass is 10.3. The largest absolute Gasteiger partial charge is 0.494 e. The average molecular weight is 176 g/mol. The molecule has 53 valence electrons. The van der Waals surface area contributed by atoms with Gasteiger partial charge in [0.1, 0.15) is 4.34 Å². The predicted octanol–water partition coefficient (Wildman–Crippen LogP) is 1.87. The molecule has 0 aliphatic heterocycles. The number of thiophene rings is 1. The van der Waals surface area contributed by atoms with Gasteiger partial charge in [-0.25, -0.2) is 0 Å². The maximum atomic E-state index is 10.1. The zero-order valence-corrected chi connectivity index (χ0v) is 6.75. The van der Waals surface area contributed by atoms with Gasteiger partial charge in [-0.2, -0.15) is 0 Å². The summed E-state index contributed by atoms with van der Waals surface area (Å²) >= 11 is 6.90. The van der Waals surface area contributed by atoms with Crippen LogP contribution < -0.4 is 4.74 Å². The molecule has 2 nitrogen and oxygen atoms in total. The summed E-state index contributed by atoms with van der Waals surface area (Å²) in [5, 5.41) is 1.61. The smallest absolute Gasteiger partial charge is 0.238 e. The third-order valence-corrected chi connectivity index (χ3v) is 2.20. The van der Waals surface area contributed by atoms with E-state index in [0.717, 1.165) is 0 Å². The van der Waals surface area contributed by atoms with Gasteiger partial charge in [-0.05, 0) is 0 Å². The Bertz CT molecular complexity index is 244. The first kappa shape index (κ1) is 7.57. The van der Waals surface area contributed by atoms with Gasteiger partial charge in [0, 0.05) is 5.38 Å². The first-order valence-corrected chi connectivity index (χ1v) is 3.74. The van der Waals surface area contributed by atoms with Crippen LogP contribution in [0.15, 0.2) is 5.38 Å². The Hall–Kier alpha value is -0.540. The average Bonchev–Trinajstić information content (AvgIpc) is 2.30. The lowest BCUT2D eigenvalue weighted by Crippen LogP contribution is -1.84. The van der Waals surface area contributed by atoms with Crippen molar-refractivity contribution in [3.05, 3.63) is 15.3 Å². The molecular formula is C6H4ClO2S. The number of carbonyl (C=O) groups excluding carboxylic acids is 1. The Balaban J connectivity index is 3.12. The molecule has 0 fully saturated rings. The Labute approximate surface area is 67.4 Å². The Morgan fingerprint density at radius 1 is 1.80 bits per heavy atom. The van der Waals surface area contributed by atoms with Crippen molar-refractivity contribution in [2.24, 2.45) is 0 Å². The Morgan fingerprint density at radius 2 is 2.50 bits per heavy atom. The molecule has 0 N–H and O–H groups in total. The third-order valence-electron chi connectivity index (χ3n) is 1.02. The van der Waals surface area contributed by atoms with Crippen LogP contribution in [0, 0.1) is 0 Å². The second-order valence-corrected chi connectivity index (χ2v) is 3.04. The van der Waals surface area contributed by atoms with Crippen molar-refractivity contribution in [1.82, 2.24) is 0 Å². The van der Waals surface area contributed by atoms with Crippen molar-refractivity contribution in [2.45, 2.75) is 0 Å². The molecule has 10 heavy (non-hydrogen) atoms. The van der Waals surface area contributed by atoms with E-state index in [0.29, 0.717) is 15.6 Å². The molecule has 0 aromatic carbocycles. The van der Waals surface area contributed by atoms with Crippen LogP contribution in [-0.2, 0) is 4.79 Å². The van der Waals surface area contributed by atoms with E-state index >= 15 is 0 Å². The molecular weight excluding hydrogens is 172 g/mol. The summed E-state index contributed by atoms with van der Waals surface area (Å²) < 4.78 is 5.31. The molecule has 0 aliphatic carbocycles. The molecule has 0 aliphatic rings. The van der Waals surface area contributed by atoms with Gasteiger partial charge in [0.05, 0.1) is 12.7 Å². The van der Waals surface area contributed by atoms with Gasteiger partial charge in [0.25, 0.3) is 0 Å². The molecule has 1 rings (SSSR count). The van der Waals surface area contributed by atoms with Crippen molar-refractivity contribution >= 4 is 29.2 Å². The monoisotopic (exact) mass is 175 g/mol. The van der Waals surface area contributed by atoms with Crippen LogP contribution in [0.5, 0.6) is 5.75 Å². The summed E-state index contributed by atoms with van der Waals surface area (Å²) in [6, 6.07) is 0. The minimum atomic E-state index is 0.387.